The van der Waals surface area contributed by atoms with Gasteiger partial charge in [-0.05, 0) is 48.0 Å². The Balaban J connectivity index is 0.634. The molecule has 7 unspecified atom stereocenters. The number of hydrogen-bond donors (Lipinski definition) is 7. The van der Waals surface area contributed by atoms with Gasteiger partial charge in [0.1, 0.15) is 138 Å². The van der Waals surface area contributed by atoms with Gasteiger partial charge in [0, 0.05) is 123 Å². The Labute approximate surface area is 839 Å². The van der Waals surface area contributed by atoms with Crippen LogP contribution >= 0.6 is 47.1 Å². The average Bonchev–Trinajstić information content (AvgIpc) is 1.36. The van der Waals surface area contributed by atoms with Crippen LogP contribution in [0.4, 0.5) is 11.6 Å². The highest BCUT2D eigenvalue weighted by Gasteiger charge is 2.49. The molecule has 71 heteroatoms. The minimum atomic E-state index is -5.10. The predicted octanol–water partition coefficient (Wildman–Crippen LogP) is -3.12. The summed E-state index contributed by atoms with van der Waals surface area (Å²) in [5, 5.41) is 0. The van der Waals surface area contributed by atoms with Crippen molar-refractivity contribution in [2.24, 2.45) is 0 Å². The molecule has 57 nitrogen and oxygen atoms in total. The number of fused-ring (bicyclic) bond motifs is 1. The van der Waals surface area contributed by atoms with E-state index >= 15 is 0 Å². The molecule has 15 rings (SSSR count). The van der Waals surface area contributed by atoms with Gasteiger partial charge in [-0.15, -0.1) is 0 Å². The molecule has 15 heterocycles. The molecule has 7 aliphatic heterocycles. The lowest BCUT2D eigenvalue weighted by Crippen LogP contribution is -2.34. The molecule has 8 aromatic rings. The van der Waals surface area contributed by atoms with Crippen LogP contribution in [0.3, 0.4) is 0 Å². The summed E-state index contributed by atoms with van der Waals surface area (Å²) in [4.78, 5) is 256. The topological polar surface area (TPSA) is 754 Å². The summed E-state index contributed by atoms with van der Waals surface area (Å²) in [5.41, 5.74) is 3.37. The number of imidazole rings is 1. The molecular weight excluding hydrogens is 2180 g/mol. The van der Waals surface area contributed by atoms with Crippen LogP contribution in [-0.4, -0.2) is 209 Å². The van der Waals surface area contributed by atoms with Gasteiger partial charge in [-0.3, -0.25) is 85.4 Å². The molecule has 786 valence electrons. The first-order valence-corrected chi connectivity index (χ1v) is 60.8. The van der Waals surface area contributed by atoms with Crippen molar-refractivity contribution in [3.05, 3.63) is 198 Å². The number of nitrogens with zero attached hydrogens (tertiary/aromatic N) is 11. The van der Waals surface area contributed by atoms with Gasteiger partial charge in [0.25, 0.3) is 27.8 Å². The zero-order valence-corrected chi connectivity index (χ0v) is 87.6. The molecule has 0 amide bonds. The van der Waals surface area contributed by atoms with Crippen molar-refractivity contribution in [1.82, 2.24) is 76.8 Å². The molecule has 0 bridgehead atoms. The van der Waals surface area contributed by atoms with Gasteiger partial charge in [0.15, 0.2) is 18.3 Å². The third kappa shape index (κ3) is 26.9. The number of aromatic amines is 5. The van der Waals surface area contributed by atoms with E-state index in [1.165, 1.54) is 57.9 Å². The maximum absolute atomic E-state index is 14.9. The van der Waals surface area contributed by atoms with Crippen molar-refractivity contribution in [3.8, 4) is 0 Å². The van der Waals surface area contributed by atoms with E-state index in [0.29, 0.717) is 5.56 Å². The van der Waals surface area contributed by atoms with Gasteiger partial charge < -0.3 is 150 Å². The van der Waals surface area contributed by atoms with E-state index < -0.39 is 303 Å². The third-order valence-electron chi connectivity index (χ3n) is 23.6. The summed E-state index contributed by atoms with van der Waals surface area (Å²) in [6, 6.07) is 0. The van der Waals surface area contributed by atoms with E-state index in [-0.39, 0.29) is 76.3 Å². The van der Waals surface area contributed by atoms with Crippen LogP contribution in [0.5, 0.6) is 0 Å². The van der Waals surface area contributed by atoms with Gasteiger partial charge >= 0.3 is 34.1 Å². The first-order valence-electron chi connectivity index (χ1n) is 42.9. The third-order valence-corrected chi connectivity index (χ3v) is 34.7. The Bertz CT molecular complexity index is 7250. The number of rotatable bonds is 41. The number of aromatic nitrogens is 16. The van der Waals surface area contributed by atoms with Crippen LogP contribution in [0.1, 0.15) is 135 Å². The van der Waals surface area contributed by atoms with Crippen molar-refractivity contribution in [1.29, 1.82) is 0 Å². The number of hydrogen-bond acceptors (Lipinski definition) is 52. The van der Waals surface area contributed by atoms with Gasteiger partial charge in [0.2, 0.25) is 0 Å². The van der Waals surface area contributed by atoms with Crippen LogP contribution in [0.15, 0.2) is 103 Å². The lowest BCUT2D eigenvalue weighted by atomic mass is 10.1. The number of aryl methyl sites for hydroxylation is 6. The first kappa shape index (κ1) is 111. The fourth-order valence-electron chi connectivity index (χ4n) is 16.4. The van der Waals surface area contributed by atoms with Crippen LogP contribution in [-0.2, 0) is 184 Å². The van der Waals surface area contributed by atoms with E-state index in [4.69, 9.17) is 191 Å². The van der Waals surface area contributed by atoms with E-state index in [2.05, 4.69) is 44.9 Å². The fraction of sp³-hybridized carbons (Fsp3) is 0.597. The highest BCUT2D eigenvalue weighted by Crippen LogP contribution is 2.57. The Morgan fingerprint density at radius 3 is 0.909 bits per heavy atom. The first-order chi connectivity index (χ1) is 67.1. The fourth-order valence-corrected chi connectivity index (χ4v) is 26.1. The second-order valence-electron chi connectivity index (χ2n) is 33.5. The minimum absolute atomic E-state index is 0.00324. The van der Waals surface area contributed by atoms with E-state index in [1.807, 2.05) is 0 Å². The predicted molar refractivity (Wildman–Crippen MR) is 505 cm³/mol. The number of nitrogens with one attached hydrogen (secondary N) is 5. The molecule has 0 radical (unpaired) electrons. The number of H-pyrrole nitrogens is 5. The van der Waals surface area contributed by atoms with Crippen LogP contribution in [0, 0.1) is 41.5 Å². The van der Waals surface area contributed by atoms with Gasteiger partial charge in [-0.25, -0.2) is 43.7 Å². The lowest BCUT2D eigenvalue weighted by Gasteiger charge is -2.36. The van der Waals surface area contributed by atoms with E-state index in [9.17, 15) is 86.7 Å². The van der Waals surface area contributed by atoms with Gasteiger partial charge in [0.05, 0.1) is 94.8 Å². The molecule has 9 N–H and O–H groups in total. The molecule has 7 fully saturated rings. The summed E-state index contributed by atoms with van der Waals surface area (Å²) in [7, 11) is 1.03. The van der Waals surface area contributed by atoms with E-state index in [1.54, 1.807) is 13.8 Å². The minimum Gasteiger partial charge on any atom is -0.780 e. The standard InChI is InChI=1S/C72H97N18O39P7S7/c1-9-37-38(10-51(116-37)85-18-32(3)62(91)79-68(85)97)124-131(103,138)110-24-46-40(12-53(118-46)86-19-33(4)63(92)80-69(86)98)125-132(104,139)112-25-47-41(13-54(119-47)87-20-34(5)64(93)81-70(87)99)126-133(105,140)113-26-48-42(14-55(120-48)88-21-35(6)65(94)82-71(88)100)127-134(106,141)114-27-49-43(15-56(121-49)89-22-36(7)66(95)83-72(89)101)128-135(107,142)115-28-50-44(16-57(122-50)90-30-77-58-60(74)75-29-76-61(58)90)129-136(108,143)111-23-45-39(123-130(102,137)109-8)11-52(117-45)84-17-31(2)59(73)78-67(84)96/h17-22,29-30,37-57H,9-16,23-28H2,1-8H3,(H,102,137)(H,103,138)(H,104,139)(H,105,140)(H,106,141)(H,107,142)(H,108,143)(H2,73,78,96)(H2,74,75,76)(H,79,91,97)(H,80,92,98)(H,81,93,99)(H,82,94,100)(H,83,95,101)/p-7/t37-,38-,39-,40-,41-,42-,43-,44-,45-,46-,47-,48-,49-,50-,51-,52-,53-,54-,55-,56-,57-,130?,131?,132?,133?,134?,135?,136?/m1/s1. The van der Waals surface area contributed by atoms with Crippen molar-refractivity contribution < 1.29 is 130 Å². The zero-order valence-electron chi connectivity index (χ0n) is 75.6. The molecule has 7 saturated heterocycles. The Hall–Kier alpha value is -6.17. The van der Waals surface area contributed by atoms with Crippen LogP contribution in [0.2, 0.25) is 0 Å². The second kappa shape index (κ2) is 44.8. The van der Waals surface area contributed by atoms with Crippen LogP contribution in [0.25, 0.3) is 11.2 Å². The second-order valence-corrected chi connectivity index (χ2v) is 52.6. The Morgan fingerprint density at radius 1 is 0.364 bits per heavy atom. The van der Waals surface area contributed by atoms with E-state index in [0.717, 1.165) is 65.6 Å². The summed E-state index contributed by atoms with van der Waals surface area (Å²) in [6.45, 7) is -29.0. The molecule has 8 aromatic heterocycles. The van der Waals surface area contributed by atoms with Crippen molar-refractivity contribution in [2.75, 3.05) is 58.2 Å². The molecular formula is C72H90N18O39P7S7-7. The molecule has 0 aromatic carbocycles. The highest BCUT2D eigenvalue weighted by molar-refractivity contribution is 8.32. The zero-order chi connectivity index (χ0) is 104. The lowest BCUT2D eigenvalue weighted by molar-refractivity contribution is -0.221. The van der Waals surface area contributed by atoms with Crippen molar-refractivity contribution in [2.45, 2.75) is 229 Å². The van der Waals surface area contributed by atoms with Crippen molar-refractivity contribution in [3.63, 3.8) is 0 Å². The summed E-state index contributed by atoms with van der Waals surface area (Å²) in [6.07, 6.45) is -22.3. The average molecular weight is 2270 g/mol. The molecule has 143 heavy (non-hydrogen) atoms. The molecule has 0 aliphatic carbocycles. The number of ether oxygens (including phenoxy) is 7. The monoisotopic (exact) mass is 2270 g/mol. The highest BCUT2D eigenvalue weighted by atomic mass is 32.7. The Morgan fingerprint density at radius 2 is 0.615 bits per heavy atom. The maximum atomic E-state index is 14.9. The quantitative estimate of drug-likeness (QED) is 0.0147. The van der Waals surface area contributed by atoms with Gasteiger partial charge in [-0.2, -0.15) is 4.98 Å². The van der Waals surface area contributed by atoms with Crippen molar-refractivity contribution >= 4 is 153 Å². The molecule has 0 saturated carbocycles. The molecule has 7 aliphatic rings. The Kier molecular flexibility index (Phi) is 34.7. The van der Waals surface area contributed by atoms with Crippen LogP contribution < -0.4 is 103 Å². The molecule has 0 spiro atoms. The summed E-state index contributed by atoms with van der Waals surface area (Å²) >= 11 is 37.7. The number of nitrogen functional groups attached to an aromatic ring is 2. The smallest absolute Gasteiger partial charge is 0.351 e. The largest absolute Gasteiger partial charge is 0.780 e. The SMILES string of the molecule is CC[C@H]1O[C@@H](n2cc(C)c(=O)[nH]c2=O)C[C@H]1OP([O-])(=S)OC[C@H]1O[C@@H](n2cc(C)c(=O)[nH]c2=O)C[C@H]1OP(=O)([S-])OC[C@H]1O[C@@H](n2cc(C)c(=O)[nH]c2=O)C[C@H]1OP([O-])(=S)OC[C@H]1O[C@@H](n2cc(C)c(=O)[nH]c2=O)C[C@H]1OP([O-])(=S)OC[C@H]1O[C@@H](n2cc(C)c(=O)[nH]c2=O)C[C@H]1OP([O-])(=S)OC[C@H]1O[C@@H](n2cnc3c(N)ncnc32)C[C@H]1OP([O-])(=S)OC[C@H]1O[C@@H](n2cc(C)c(N)nc2=O)C[C@H]1OP([O-])(=S)OC. The number of anilines is 2. The maximum Gasteiger partial charge on any atom is 0.351 e. The summed E-state index contributed by atoms with van der Waals surface area (Å²) in [5.74, 6) is -0.0954. The number of nitrogens with two attached hydrogens (primary N) is 2. The normalized spacial score (nSPS) is 29.7. The molecule has 28 atom stereocenters. The van der Waals surface area contributed by atoms with Gasteiger partial charge in [-0.1, -0.05) is 77.8 Å². The summed E-state index contributed by atoms with van der Waals surface area (Å²) < 4.78 is 146.